The molecule has 3 rings (SSSR count). The van der Waals surface area contributed by atoms with E-state index in [9.17, 15) is 13.0 Å². The van der Waals surface area contributed by atoms with Gasteiger partial charge in [-0.15, -0.1) is 0 Å². The second kappa shape index (κ2) is 7.65. The van der Waals surface area contributed by atoms with Crippen molar-refractivity contribution in [1.29, 1.82) is 0 Å². The van der Waals surface area contributed by atoms with E-state index in [0.29, 0.717) is 10.7 Å². The van der Waals surface area contributed by atoms with Gasteiger partial charge in [-0.25, -0.2) is 4.98 Å². The summed E-state index contributed by atoms with van der Waals surface area (Å²) >= 11 is 0. The number of H-pyrrole nitrogens is 1. The monoisotopic (exact) mass is 388 g/mol. The van der Waals surface area contributed by atoms with Gasteiger partial charge < -0.3 is 19.2 Å². The van der Waals surface area contributed by atoms with E-state index in [1.165, 1.54) is 26.5 Å². The van der Waals surface area contributed by atoms with Crippen molar-refractivity contribution in [3.8, 4) is 17.2 Å². The van der Waals surface area contributed by atoms with Gasteiger partial charge in [0.2, 0.25) is 0 Å². The molecule has 3 aromatic rings. The van der Waals surface area contributed by atoms with E-state index in [4.69, 9.17) is 16.4 Å². The molecule has 0 spiro atoms. The fourth-order valence-corrected chi connectivity index (χ4v) is 3.09. The van der Waals surface area contributed by atoms with Crippen molar-refractivity contribution in [1.82, 2.24) is 14.9 Å². The van der Waals surface area contributed by atoms with E-state index in [-0.39, 0.29) is 22.7 Å². The quantitative estimate of drug-likeness (QED) is 0.670. The smallest absolute Gasteiger partial charge is 0.387 e. The lowest BCUT2D eigenvalue weighted by Crippen LogP contribution is -2.04. The van der Waals surface area contributed by atoms with E-state index >= 15 is 0 Å². The number of nitrogens with one attached hydrogen (secondary N) is 1. The number of fused-ring (bicyclic) bond motifs is 1. The Hall–Kier alpha value is -2.75. The van der Waals surface area contributed by atoms with Crippen LogP contribution in [0.5, 0.6) is 17.2 Å². The average molecular weight is 388 g/mol. The van der Waals surface area contributed by atoms with E-state index in [1.807, 2.05) is 0 Å². The molecule has 0 fully saturated rings. The molecule has 138 valence electrons. The summed E-state index contributed by atoms with van der Waals surface area (Å²) in [6, 6.07) is -0.966. The van der Waals surface area contributed by atoms with Crippen LogP contribution in [0.4, 0.5) is 8.78 Å². The number of ether oxygens (including phenoxy) is 3. The third kappa shape index (κ3) is 3.74. The average Bonchev–Trinajstić information content (AvgIpc) is 3.06. The molecule has 0 bridgehead atoms. The number of nitrogens with zero attached hydrogens (tertiary/aromatic N) is 2. The largest absolute Gasteiger partial charge is 0.493 e. The second-order valence-electron chi connectivity index (χ2n) is 4.72. The first kappa shape index (κ1) is 12.6. The number of rotatable bonds is 7. The zero-order valence-corrected chi connectivity index (χ0v) is 14.3. The molecule has 26 heavy (non-hydrogen) atoms. The third-order valence-corrected chi connectivity index (χ3v) is 4.31. The highest BCUT2D eigenvalue weighted by molar-refractivity contribution is 7.84. The number of benzene rings is 1. The van der Waals surface area contributed by atoms with Gasteiger partial charge in [0.15, 0.2) is 19.4 Å². The topological polar surface area (TPSA) is 86.3 Å². The fourth-order valence-electron chi connectivity index (χ4n) is 2.12. The van der Waals surface area contributed by atoms with Gasteiger partial charge in [-0.1, -0.05) is 0 Å². The summed E-state index contributed by atoms with van der Waals surface area (Å²) in [6.07, 6.45) is 1.40. The van der Waals surface area contributed by atoms with E-state index in [1.54, 1.807) is 0 Å². The van der Waals surface area contributed by atoms with Gasteiger partial charge in [0.25, 0.3) is 0 Å². The third-order valence-electron chi connectivity index (χ3n) is 3.18. The number of hydrogen-bond donors (Lipinski definition) is 1. The molecule has 0 aliphatic rings. The van der Waals surface area contributed by atoms with Crippen LogP contribution in [0, 0.1) is 0 Å². The van der Waals surface area contributed by atoms with Crippen LogP contribution in [0.2, 0.25) is 1.41 Å². The standard InChI is InChI=1S/C16H15F2N3O4S/c1-23-13-5-6-19-12(14(13)24-2)8-26(22)16-20-10-4-3-9(25-15(17)18)7-11(10)21-16/h3-7,15H,8H2,1-2H3,(H,20,21)/i3D,4D,7D,15D/hD. The van der Waals surface area contributed by atoms with Crippen molar-refractivity contribution in [3.63, 3.8) is 0 Å². The number of alkyl halides is 2. The van der Waals surface area contributed by atoms with Gasteiger partial charge >= 0.3 is 6.59 Å². The maximum absolute atomic E-state index is 13.0. The lowest BCUT2D eigenvalue weighted by atomic mass is 10.3. The van der Waals surface area contributed by atoms with E-state index < -0.39 is 51.9 Å². The summed E-state index contributed by atoms with van der Waals surface area (Å²) in [7, 11) is 0.736. The van der Waals surface area contributed by atoms with Crippen LogP contribution in [-0.2, 0) is 16.6 Å². The van der Waals surface area contributed by atoms with Gasteiger partial charge in [0.05, 0.1) is 51.6 Å². The number of pyridine rings is 1. The SMILES string of the molecule is [2H]c1c(OC([2H])(F)F)c([2H])c2nc(S(=O)Cc3nccc(OC)c3OC)n([2H])c2c1[2H]. The number of aromatic amines is 1. The molecular formula is C16H15F2N3O4S. The van der Waals surface area contributed by atoms with Gasteiger partial charge in [-0.3, -0.25) is 9.19 Å². The van der Waals surface area contributed by atoms with Gasteiger partial charge in [-0.2, -0.15) is 8.78 Å². The molecule has 0 aliphatic carbocycles. The maximum atomic E-state index is 13.0. The summed E-state index contributed by atoms with van der Waals surface area (Å²) in [4.78, 5) is 8.48. The van der Waals surface area contributed by atoms with Crippen molar-refractivity contribution in [2.75, 3.05) is 14.2 Å². The van der Waals surface area contributed by atoms with E-state index in [2.05, 4.69) is 14.7 Å². The van der Waals surface area contributed by atoms with Crippen molar-refractivity contribution in [2.24, 2.45) is 0 Å². The Kier molecular flexibility index (Phi) is 3.70. The molecule has 1 atom stereocenters. The van der Waals surface area contributed by atoms with Gasteiger partial charge in [0, 0.05) is 18.3 Å². The van der Waals surface area contributed by atoms with Crippen LogP contribution in [0.25, 0.3) is 11.0 Å². The van der Waals surface area contributed by atoms with Crippen molar-refractivity contribution >= 4 is 21.8 Å². The number of halogens is 2. The normalized spacial score (nSPS) is 15.5. The Morgan fingerprint density at radius 2 is 2.23 bits per heavy atom. The van der Waals surface area contributed by atoms with Gasteiger partial charge in [-0.05, 0) is 12.1 Å². The Labute approximate surface area is 156 Å². The Morgan fingerprint density at radius 3 is 2.92 bits per heavy atom. The highest BCUT2D eigenvalue weighted by atomic mass is 32.2. The number of hydrogen-bond acceptors (Lipinski definition) is 6. The highest BCUT2D eigenvalue weighted by Crippen LogP contribution is 2.30. The van der Waals surface area contributed by atoms with Crippen LogP contribution in [0.3, 0.4) is 0 Å². The molecule has 0 saturated heterocycles. The Bertz CT molecular complexity index is 1190. The lowest BCUT2D eigenvalue weighted by molar-refractivity contribution is -0.0497. The molecule has 2 aromatic heterocycles. The number of methoxy groups -OCH3 is 2. The molecule has 10 heteroatoms. The summed E-state index contributed by atoms with van der Waals surface area (Å²) in [5.74, 6) is -0.757. The van der Waals surface area contributed by atoms with Crippen LogP contribution in [0.15, 0.2) is 35.5 Å². The molecular weight excluding hydrogens is 368 g/mol. The molecule has 0 aliphatic heterocycles. The highest BCUT2D eigenvalue weighted by Gasteiger charge is 2.17. The molecule has 0 radical (unpaired) electrons. The molecule has 2 heterocycles. The van der Waals surface area contributed by atoms with Crippen LogP contribution >= 0.6 is 0 Å². The summed E-state index contributed by atoms with van der Waals surface area (Å²) < 4.78 is 91.7. The van der Waals surface area contributed by atoms with Crippen LogP contribution < -0.4 is 14.2 Å². The fraction of sp³-hybridized carbons (Fsp3) is 0.250. The minimum atomic E-state index is -4.45. The predicted octanol–water partition coefficient (Wildman–Crippen LogP) is 2.88. The minimum Gasteiger partial charge on any atom is -0.493 e. The molecule has 1 N–H and O–H groups in total. The summed E-state index contributed by atoms with van der Waals surface area (Å²) in [5, 5.41) is -0.405. The summed E-state index contributed by atoms with van der Waals surface area (Å²) in [5.41, 5.74) is -0.600. The Morgan fingerprint density at radius 1 is 1.42 bits per heavy atom. The van der Waals surface area contributed by atoms with Crippen molar-refractivity contribution in [3.05, 3.63) is 36.1 Å². The van der Waals surface area contributed by atoms with Gasteiger partial charge in [0.1, 0.15) is 5.75 Å². The van der Waals surface area contributed by atoms with E-state index in [0.717, 1.165) is 0 Å². The zero-order valence-electron chi connectivity index (χ0n) is 18.5. The maximum Gasteiger partial charge on any atom is 0.387 e. The molecule has 0 amide bonds. The van der Waals surface area contributed by atoms with Crippen molar-refractivity contribution < 1.29 is 34.1 Å². The molecule has 0 saturated carbocycles. The summed E-state index contributed by atoms with van der Waals surface area (Å²) in [6.45, 7) is -4.45. The molecule has 1 unspecified atom stereocenters. The Balaban J connectivity index is 2.10. The first-order valence-electron chi connectivity index (χ1n) is 9.47. The van der Waals surface area contributed by atoms with Crippen molar-refractivity contribution in [2.45, 2.75) is 17.5 Å². The first-order valence-corrected chi connectivity index (χ1v) is 8.34. The van der Waals surface area contributed by atoms with Crippen LogP contribution in [0.1, 0.15) is 11.2 Å². The number of imidazole rings is 1. The first-order chi connectivity index (χ1) is 14.5. The number of aromatic nitrogens is 3. The predicted molar refractivity (Wildman–Crippen MR) is 90.2 cm³/mol. The zero-order chi connectivity index (χ0) is 23.1. The molecule has 7 nitrogen and oxygen atoms in total. The lowest BCUT2D eigenvalue weighted by Gasteiger charge is -2.10. The second-order valence-corrected chi connectivity index (χ2v) is 6.06. The van der Waals surface area contributed by atoms with Crippen LogP contribution in [-0.4, -0.2) is 40.0 Å². The minimum absolute atomic E-state index is 0.218. The molecule has 1 aromatic carbocycles.